The van der Waals surface area contributed by atoms with E-state index in [0.29, 0.717) is 6.04 Å². The third-order valence-electron chi connectivity index (χ3n) is 6.39. The molecule has 5 heterocycles. The molecular formula is C24H24N6. The summed E-state index contributed by atoms with van der Waals surface area (Å²) in [4.78, 5) is 11.6. The zero-order valence-corrected chi connectivity index (χ0v) is 16.8. The zero-order chi connectivity index (χ0) is 19.9. The molecule has 2 aliphatic rings. The van der Waals surface area contributed by atoms with Crippen LogP contribution in [0.15, 0.2) is 67.0 Å². The smallest absolute Gasteiger partial charge is 0.155 e. The molecule has 1 aromatic carbocycles. The van der Waals surface area contributed by atoms with Crippen LogP contribution in [0.25, 0.3) is 28.2 Å². The monoisotopic (exact) mass is 396 g/mol. The number of piperidine rings is 1. The summed E-state index contributed by atoms with van der Waals surface area (Å²) in [6, 6.07) is 19.2. The number of benzene rings is 1. The minimum atomic E-state index is 0.582. The molecule has 0 unspecified atom stereocenters. The highest BCUT2D eigenvalue weighted by molar-refractivity contribution is 5.81. The number of hydrogen-bond donors (Lipinski definition) is 1. The fourth-order valence-corrected chi connectivity index (χ4v) is 4.89. The molecule has 4 aromatic rings. The van der Waals surface area contributed by atoms with Gasteiger partial charge in [0.1, 0.15) is 11.5 Å². The fraction of sp³-hybridized carbons (Fsp3) is 0.292. The van der Waals surface area contributed by atoms with Crippen molar-refractivity contribution in [3.05, 3.63) is 67.0 Å². The van der Waals surface area contributed by atoms with Crippen LogP contribution in [-0.2, 0) is 0 Å². The minimum absolute atomic E-state index is 0.582. The summed E-state index contributed by atoms with van der Waals surface area (Å²) in [5.74, 6) is 1.74. The van der Waals surface area contributed by atoms with Gasteiger partial charge < -0.3 is 10.2 Å². The summed E-state index contributed by atoms with van der Waals surface area (Å²) in [5.41, 5.74) is 4.98. The Labute approximate surface area is 175 Å². The fourth-order valence-electron chi connectivity index (χ4n) is 4.89. The maximum absolute atomic E-state index is 5.07. The Morgan fingerprint density at radius 1 is 0.900 bits per heavy atom. The first-order chi connectivity index (χ1) is 14.9. The van der Waals surface area contributed by atoms with Gasteiger partial charge in [0.15, 0.2) is 5.65 Å². The number of imidazole rings is 1. The molecule has 0 saturated carbocycles. The maximum atomic E-state index is 5.07. The Morgan fingerprint density at radius 3 is 2.60 bits per heavy atom. The topological polar surface area (TPSA) is 58.4 Å². The SMILES string of the molecule is c1ccc(-c2nc3ccc(N4C[C@@H]5CCCN[C@@H]5C4)nn3c2-c2ccncc2)cc1. The highest BCUT2D eigenvalue weighted by atomic mass is 15.3. The predicted molar refractivity (Wildman–Crippen MR) is 118 cm³/mol. The van der Waals surface area contributed by atoms with Crippen molar-refractivity contribution in [2.45, 2.75) is 18.9 Å². The van der Waals surface area contributed by atoms with Gasteiger partial charge in [0.2, 0.25) is 0 Å². The van der Waals surface area contributed by atoms with Crippen LogP contribution in [0.3, 0.4) is 0 Å². The average molecular weight is 396 g/mol. The summed E-state index contributed by atoms with van der Waals surface area (Å²) < 4.78 is 2.00. The van der Waals surface area contributed by atoms with Gasteiger partial charge in [0, 0.05) is 42.7 Å². The number of aromatic nitrogens is 4. The van der Waals surface area contributed by atoms with Crippen molar-refractivity contribution in [3.8, 4) is 22.5 Å². The normalized spacial score (nSPS) is 21.1. The van der Waals surface area contributed by atoms with Crippen molar-refractivity contribution in [1.82, 2.24) is 24.9 Å². The third-order valence-corrected chi connectivity index (χ3v) is 6.39. The lowest BCUT2D eigenvalue weighted by atomic mass is 9.94. The molecule has 0 radical (unpaired) electrons. The Balaban J connectivity index is 1.48. The quantitative estimate of drug-likeness (QED) is 0.573. The molecule has 0 spiro atoms. The number of hydrogen-bond acceptors (Lipinski definition) is 5. The summed E-state index contributed by atoms with van der Waals surface area (Å²) in [6.45, 7) is 3.23. The van der Waals surface area contributed by atoms with Crippen LogP contribution in [0.4, 0.5) is 5.82 Å². The molecule has 6 rings (SSSR count). The van der Waals surface area contributed by atoms with Crippen molar-refractivity contribution in [2.75, 3.05) is 24.5 Å². The van der Waals surface area contributed by atoms with E-state index in [4.69, 9.17) is 10.1 Å². The van der Waals surface area contributed by atoms with Crippen LogP contribution in [-0.4, -0.2) is 45.3 Å². The number of fused-ring (bicyclic) bond motifs is 2. The molecule has 30 heavy (non-hydrogen) atoms. The van der Waals surface area contributed by atoms with Gasteiger partial charge in [0.05, 0.1) is 5.69 Å². The molecular weight excluding hydrogens is 372 g/mol. The second kappa shape index (κ2) is 7.22. The lowest BCUT2D eigenvalue weighted by molar-refractivity contribution is 0.340. The molecule has 6 nitrogen and oxygen atoms in total. The summed E-state index contributed by atoms with van der Waals surface area (Å²) >= 11 is 0. The Bertz CT molecular complexity index is 1160. The zero-order valence-electron chi connectivity index (χ0n) is 16.8. The second-order valence-corrected chi connectivity index (χ2v) is 8.24. The molecule has 2 fully saturated rings. The van der Waals surface area contributed by atoms with Crippen molar-refractivity contribution in [1.29, 1.82) is 0 Å². The van der Waals surface area contributed by atoms with E-state index >= 15 is 0 Å². The van der Waals surface area contributed by atoms with E-state index in [1.807, 2.05) is 47.2 Å². The van der Waals surface area contributed by atoms with Gasteiger partial charge >= 0.3 is 0 Å². The Hall–Kier alpha value is -3.25. The molecule has 1 N–H and O–H groups in total. The molecule has 0 bridgehead atoms. The van der Waals surface area contributed by atoms with E-state index in [-0.39, 0.29) is 0 Å². The molecule has 2 saturated heterocycles. The van der Waals surface area contributed by atoms with Crippen LogP contribution in [0.2, 0.25) is 0 Å². The number of nitrogens with one attached hydrogen (secondary N) is 1. The lowest BCUT2D eigenvalue weighted by Gasteiger charge is -2.24. The number of rotatable bonds is 3. The first kappa shape index (κ1) is 17.6. The number of nitrogens with zero attached hydrogens (tertiary/aromatic N) is 5. The minimum Gasteiger partial charge on any atom is -0.353 e. The third kappa shape index (κ3) is 2.95. The average Bonchev–Trinajstić information content (AvgIpc) is 3.41. The van der Waals surface area contributed by atoms with E-state index < -0.39 is 0 Å². The van der Waals surface area contributed by atoms with E-state index in [9.17, 15) is 0 Å². The van der Waals surface area contributed by atoms with Gasteiger partial charge in [-0.1, -0.05) is 30.3 Å². The van der Waals surface area contributed by atoms with Crippen LogP contribution in [0.5, 0.6) is 0 Å². The highest BCUT2D eigenvalue weighted by Gasteiger charge is 2.35. The molecule has 0 aliphatic carbocycles. The van der Waals surface area contributed by atoms with Crippen molar-refractivity contribution in [2.24, 2.45) is 5.92 Å². The summed E-state index contributed by atoms with van der Waals surface area (Å²) in [6.07, 6.45) is 6.23. The van der Waals surface area contributed by atoms with Gasteiger partial charge in [-0.25, -0.2) is 9.50 Å². The van der Waals surface area contributed by atoms with Crippen molar-refractivity contribution in [3.63, 3.8) is 0 Å². The second-order valence-electron chi connectivity index (χ2n) is 8.24. The van der Waals surface area contributed by atoms with Crippen molar-refractivity contribution >= 4 is 11.5 Å². The van der Waals surface area contributed by atoms with Gasteiger partial charge in [-0.15, -0.1) is 5.10 Å². The molecule has 2 atom stereocenters. The van der Waals surface area contributed by atoms with E-state index in [0.717, 1.165) is 59.5 Å². The standard InChI is InChI=1S/C24H24N6/c1-2-5-17(6-3-1)23-24(18-10-13-25-14-11-18)30-21(27-23)8-9-22(28-30)29-15-19-7-4-12-26-20(19)16-29/h1-3,5-6,8-11,13-14,19-20,26H,4,7,12,15-16H2/t19-,20+/m0/s1. The largest absolute Gasteiger partial charge is 0.353 e. The van der Waals surface area contributed by atoms with Crippen LogP contribution < -0.4 is 10.2 Å². The summed E-state index contributed by atoms with van der Waals surface area (Å²) in [7, 11) is 0. The van der Waals surface area contributed by atoms with Crippen molar-refractivity contribution < 1.29 is 0 Å². The van der Waals surface area contributed by atoms with Crippen LogP contribution in [0.1, 0.15) is 12.8 Å². The molecule has 0 amide bonds. The molecule has 6 heteroatoms. The first-order valence-corrected chi connectivity index (χ1v) is 10.7. The Morgan fingerprint density at radius 2 is 1.77 bits per heavy atom. The maximum Gasteiger partial charge on any atom is 0.155 e. The molecule has 3 aromatic heterocycles. The van der Waals surface area contributed by atoms with E-state index in [1.165, 1.54) is 12.8 Å². The van der Waals surface area contributed by atoms with Gasteiger partial charge in [0.25, 0.3) is 0 Å². The van der Waals surface area contributed by atoms with E-state index in [1.54, 1.807) is 0 Å². The van der Waals surface area contributed by atoms with Gasteiger partial charge in [-0.2, -0.15) is 0 Å². The van der Waals surface area contributed by atoms with Crippen LogP contribution >= 0.6 is 0 Å². The number of pyridine rings is 1. The lowest BCUT2D eigenvalue weighted by Crippen LogP contribution is -2.40. The van der Waals surface area contributed by atoms with Gasteiger partial charge in [-0.3, -0.25) is 4.98 Å². The number of anilines is 1. The molecule has 150 valence electrons. The summed E-state index contributed by atoms with van der Waals surface area (Å²) in [5, 5.41) is 8.75. The first-order valence-electron chi connectivity index (χ1n) is 10.7. The van der Waals surface area contributed by atoms with Crippen LogP contribution in [0, 0.1) is 5.92 Å². The predicted octanol–water partition coefficient (Wildman–Crippen LogP) is 3.65. The Kier molecular flexibility index (Phi) is 4.23. The highest BCUT2D eigenvalue weighted by Crippen LogP contribution is 2.33. The van der Waals surface area contributed by atoms with E-state index in [2.05, 4.69) is 39.5 Å². The van der Waals surface area contributed by atoms with Gasteiger partial charge in [-0.05, 0) is 49.6 Å². The molecule has 2 aliphatic heterocycles.